The molecule has 0 aliphatic heterocycles. The summed E-state index contributed by atoms with van der Waals surface area (Å²) in [6.07, 6.45) is 4.12. The average molecular weight is 553 g/mol. The Bertz CT molecular complexity index is 1650. The smallest absolute Gasteiger partial charge is 0.408 e. The minimum absolute atomic E-state index is 0.0739. The molecule has 1 atom stereocenters. The van der Waals surface area contributed by atoms with Crippen molar-refractivity contribution in [1.29, 1.82) is 0 Å². The van der Waals surface area contributed by atoms with Gasteiger partial charge in [-0.15, -0.1) is 0 Å². The van der Waals surface area contributed by atoms with Gasteiger partial charge < -0.3 is 19.6 Å². The number of alkyl carbamates (subject to hydrolysis) is 1. The first-order valence-corrected chi connectivity index (χ1v) is 13.1. The topological polar surface area (TPSA) is 113 Å². The molecule has 3 aromatic carbocycles. The van der Waals surface area contributed by atoms with Crippen LogP contribution in [-0.2, 0) is 29.1 Å². The molecule has 0 saturated heterocycles. The molecule has 41 heavy (non-hydrogen) atoms. The van der Waals surface area contributed by atoms with E-state index >= 15 is 0 Å². The number of carbonyl (C=O) groups excluding carboxylic acids is 2. The maximum absolute atomic E-state index is 13.4. The maximum Gasteiger partial charge on any atom is 0.408 e. The second-order valence-corrected chi connectivity index (χ2v) is 9.50. The second kappa shape index (κ2) is 12.7. The number of fused-ring (bicyclic) bond motifs is 1. The minimum Gasteiger partial charge on any atom is -0.445 e. The molecule has 3 N–H and O–H groups in total. The number of ether oxygens (including phenoxy) is 1. The fraction of sp³-hybridized carbons (Fsp3) is 0.161. The van der Waals surface area contributed by atoms with E-state index in [2.05, 4.69) is 30.4 Å². The summed E-state index contributed by atoms with van der Waals surface area (Å²) in [7, 11) is 0. The van der Waals surface area contributed by atoms with E-state index in [9.17, 15) is 14.0 Å². The maximum atomic E-state index is 13.4. The van der Waals surface area contributed by atoms with Crippen LogP contribution in [0.15, 0.2) is 96.5 Å². The van der Waals surface area contributed by atoms with Crippen LogP contribution in [0.2, 0.25) is 0 Å². The highest BCUT2D eigenvalue weighted by Gasteiger charge is 2.23. The highest BCUT2D eigenvalue weighted by atomic mass is 19.1. The summed E-state index contributed by atoms with van der Waals surface area (Å²) in [5.41, 5.74) is 7.77. The van der Waals surface area contributed by atoms with Crippen LogP contribution < -0.4 is 10.7 Å². The Morgan fingerprint density at radius 3 is 2.56 bits per heavy atom. The molecule has 0 fully saturated rings. The number of benzene rings is 3. The largest absolute Gasteiger partial charge is 0.445 e. The summed E-state index contributed by atoms with van der Waals surface area (Å²) in [5, 5.41) is 7.81. The molecule has 2 amide bonds. The van der Waals surface area contributed by atoms with Gasteiger partial charge >= 0.3 is 6.09 Å². The number of hydrogen-bond donors (Lipinski definition) is 3. The van der Waals surface area contributed by atoms with Gasteiger partial charge in [0.15, 0.2) is 0 Å². The van der Waals surface area contributed by atoms with Crippen LogP contribution in [0.5, 0.6) is 0 Å². The van der Waals surface area contributed by atoms with Crippen molar-refractivity contribution in [1.82, 2.24) is 25.3 Å². The van der Waals surface area contributed by atoms with Gasteiger partial charge in [0.05, 0.1) is 12.5 Å². The van der Waals surface area contributed by atoms with Gasteiger partial charge in [0, 0.05) is 47.0 Å². The third-order valence-electron chi connectivity index (χ3n) is 6.70. The summed E-state index contributed by atoms with van der Waals surface area (Å²) < 4.78 is 20.8. The zero-order valence-electron chi connectivity index (χ0n) is 22.4. The molecule has 9 nitrogen and oxygen atoms in total. The predicted octanol–water partition coefficient (Wildman–Crippen LogP) is 4.85. The Labute approximate surface area is 236 Å². The van der Waals surface area contributed by atoms with Crippen molar-refractivity contribution < 1.29 is 18.7 Å². The summed E-state index contributed by atoms with van der Waals surface area (Å²) in [6, 6.07) is 22.6. The standard InChI is InChI=1S/C31H29FN6O3/c1-21-27(26-9-5-6-10-29(26)38(21)18-22-11-13-24(32)14-12-22)17-35-37-30(39)28(15-25-16-33-20-34-25)36-31(40)41-19-23-7-3-2-4-8-23/h2-14,16-17,20,28H,15,18-19H2,1H3,(H,33,34)(H,36,40)(H,37,39)/b35-17-/t28-/m1/s1. The number of aromatic amines is 1. The Morgan fingerprint density at radius 1 is 1.05 bits per heavy atom. The third kappa shape index (κ3) is 6.85. The van der Waals surface area contributed by atoms with Gasteiger partial charge in [-0.3, -0.25) is 4.79 Å². The zero-order chi connectivity index (χ0) is 28.6. The average Bonchev–Trinajstić information content (AvgIpc) is 3.60. The number of hydrogen-bond acceptors (Lipinski definition) is 5. The quantitative estimate of drug-likeness (QED) is 0.170. The van der Waals surface area contributed by atoms with Crippen LogP contribution in [0.25, 0.3) is 10.9 Å². The number of carbonyl (C=O) groups is 2. The number of nitrogens with zero attached hydrogens (tertiary/aromatic N) is 3. The number of H-pyrrole nitrogens is 1. The number of halogens is 1. The molecule has 0 aliphatic carbocycles. The minimum atomic E-state index is -0.961. The lowest BCUT2D eigenvalue weighted by Crippen LogP contribution is -2.47. The molecule has 10 heteroatoms. The van der Waals surface area contributed by atoms with Gasteiger partial charge in [0.1, 0.15) is 18.5 Å². The van der Waals surface area contributed by atoms with Crippen molar-refractivity contribution in [2.75, 3.05) is 0 Å². The van der Waals surface area contributed by atoms with E-state index < -0.39 is 18.0 Å². The fourth-order valence-electron chi connectivity index (χ4n) is 4.57. The van der Waals surface area contributed by atoms with Gasteiger partial charge in [-0.1, -0.05) is 60.7 Å². The van der Waals surface area contributed by atoms with E-state index in [1.165, 1.54) is 18.5 Å². The lowest BCUT2D eigenvalue weighted by Gasteiger charge is -2.16. The fourth-order valence-corrected chi connectivity index (χ4v) is 4.57. The Morgan fingerprint density at radius 2 is 1.80 bits per heavy atom. The van der Waals surface area contributed by atoms with Gasteiger partial charge in [-0.2, -0.15) is 5.10 Å². The Balaban J connectivity index is 1.30. The molecule has 0 saturated carbocycles. The van der Waals surface area contributed by atoms with Crippen molar-refractivity contribution in [2.45, 2.75) is 32.5 Å². The number of aromatic nitrogens is 3. The molecule has 208 valence electrons. The highest BCUT2D eigenvalue weighted by Crippen LogP contribution is 2.25. The van der Waals surface area contributed by atoms with E-state index in [0.717, 1.165) is 33.3 Å². The van der Waals surface area contributed by atoms with E-state index in [1.807, 2.05) is 61.5 Å². The van der Waals surface area contributed by atoms with Crippen LogP contribution in [0.1, 0.15) is 28.1 Å². The summed E-state index contributed by atoms with van der Waals surface area (Å²) in [5.74, 6) is -0.795. The Hall–Kier alpha value is -5.25. The van der Waals surface area contributed by atoms with E-state index in [0.29, 0.717) is 12.2 Å². The SMILES string of the molecule is Cc1c(/C=N\NC(=O)[C@@H](Cc2cnc[nH]2)NC(=O)OCc2ccccc2)c2ccccc2n1Cc1ccc(F)cc1. The predicted molar refractivity (Wildman–Crippen MR) is 154 cm³/mol. The van der Waals surface area contributed by atoms with Crippen molar-refractivity contribution >= 4 is 29.1 Å². The lowest BCUT2D eigenvalue weighted by atomic mass is 10.1. The van der Waals surface area contributed by atoms with Crippen molar-refractivity contribution in [3.63, 3.8) is 0 Å². The molecular formula is C31H29FN6O3. The zero-order valence-corrected chi connectivity index (χ0v) is 22.4. The van der Waals surface area contributed by atoms with Gasteiger partial charge in [0.25, 0.3) is 5.91 Å². The molecule has 2 heterocycles. The monoisotopic (exact) mass is 552 g/mol. The first-order chi connectivity index (χ1) is 20.0. The van der Waals surface area contributed by atoms with Gasteiger partial charge in [-0.25, -0.2) is 19.6 Å². The molecule has 5 aromatic rings. The molecule has 5 rings (SSSR count). The lowest BCUT2D eigenvalue weighted by molar-refractivity contribution is -0.123. The molecule has 0 bridgehead atoms. The van der Waals surface area contributed by atoms with E-state index in [4.69, 9.17) is 4.74 Å². The summed E-state index contributed by atoms with van der Waals surface area (Å²) >= 11 is 0. The van der Waals surface area contributed by atoms with Gasteiger partial charge in [0.2, 0.25) is 0 Å². The normalized spacial score (nSPS) is 12.0. The summed E-state index contributed by atoms with van der Waals surface area (Å²) in [6.45, 7) is 2.59. The van der Waals surface area contributed by atoms with Crippen LogP contribution in [0.4, 0.5) is 9.18 Å². The first-order valence-electron chi connectivity index (χ1n) is 13.1. The number of nitrogens with one attached hydrogen (secondary N) is 3. The third-order valence-corrected chi connectivity index (χ3v) is 6.70. The number of imidazole rings is 1. The van der Waals surface area contributed by atoms with E-state index in [1.54, 1.807) is 24.5 Å². The second-order valence-electron chi connectivity index (χ2n) is 9.50. The molecule has 2 aromatic heterocycles. The number of rotatable bonds is 10. The van der Waals surface area contributed by atoms with Crippen molar-refractivity contribution in [3.05, 3.63) is 125 Å². The Kier molecular flexibility index (Phi) is 8.49. The highest BCUT2D eigenvalue weighted by molar-refractivity contribution is 6.01. The number of hydrazone groups is 1. The first kappa shape index (κ1) is 27.3. The molecule has 0 radical (unpaired) electrons. The van der Waals surface area contributed by atoms with Crippen LogP contribution >= 0.6 is 0 Å². The van der Waals surface area contributed by atoms with E-state index in [-0.39, 0.29) is 18.8 Å². The molecule has 0 unspecified atom stereocenters. The van der Waals surface area contributed by atoms with Crippen LogP contribution in [0.3, 0.4) is 0 Å². The van der Waals surface area contributed by atoms with Crippen molar-refractivity contribution in [3.8, 4) is 0 Å². The van der Waals surface area contributed by atoms with Crippen LogP contribution in [-0.4, -0.2) is 38.8 Å². The molecule has 0 aliphatic rings. The molecule has 0 spiro atoms. The van der Waals surface area contributed by atoms with Crippen LogP contribution in [0, 0.1) is 12.7 Å². The summed E-state index contributed by atoms with van der Waals surface area (Å²) in [4.78, 5) is 32.6. The van der Waals surface area contributed by atoms with Gasteiger partial charge in [-0.05, 0) is 36.2 Å². The molecular weight excluding hydrogens is 523 g/mol. The van der Waals surface area contributed by atoms with Crippen molar-refractivity contribution in [2.24, 2.45) is 5.10 Å². The number of para-hydroxylation sites is 1. The number of amides is 2.